The average molecular weight is 516 g/mol. The third kappa shape index (κ3) is 7.35. The second kappa shape index (κ2) is 12.8. The van der Waals surface area contributed by atoms with Crippen molar-refractivity contribution in [1.82, 2.24) is 15.5 Å². The standard InChI is InChI=1S/C28H38FN3O5/c1-5-6-7-8-19-14-23(33)25(21-13-18(4)9-10-20(21)17(2)3)24(15-19)37-28(36)30-11-12-32-16-22(29)26(34)31-27(32)35/h13-16,20-21,27,33,35H,2,5-12H2,1,3-4H3,(H,30,36)(H,31,34)/t20-,21+,27?/m0/s1. The third-order valence-corrected chi connectivity index (χ3v) is 6.87. The van der Waals surface area contributed by atoms with Crippen LogP contribution in [0.25, 0.3) is 0 Å². The van der Waals surface area contributed by atoms with Crippen molar-refractivity contribution in [2.75, 3.05) is 13.1 Å². The fourth-order valence-corrected chi connectivity index (χ4v) is 4.87. The molecule has 3 rings (SSSR count). The van der Waals surface area contributed by atoms with Crippen molar-refractivity contribution in [3.05, 3.63) is 59.1 Å². The first-order valence-electron chi connectivity index (χ1n) is 12.9. The van der Waals surface area contributed by atoms with Crippen LogP contribution >= 0.6 is 0 Å². The van der Waals surface area contributed by atoms with Gasteiger partial charge in [-0.25, -0.2) is 4.79 Å². The number of benzene rings is 1. The van der Waals surface area contributed by atoms with Crippen LogP contribution < -0.4 is 15.4 Å². The lowest BCUT2D eigenvalue weighted by Crippen LogP contribution is -2.51. The molecule has 0 aromatic heterocycles. The van der Waals surface area contributed by atoms with Gasteiger partial charge in [0.2, 0.25) is 12.2 Å². The highest BCUT2D eigenvalue weighted by Crippen LogP contribution is 2.47. The number of carbonyl (C=O) groups is 2. The minimum absolute atomic E-state index is 0.0177. The summed E-state index contributed by atoms with van der Waals surface area (Å²) in [7, 11) is 0. The molecular formula is C28H38FN3O5. The average Bonchev–Trinajstić information content (AvgIpc) is 2.82. The first-order chi connectivity index (χ1) is 17.6. The number of phenolic OH excluding ortho intramolecular Hbond substituents is 1. The molecule has 0 radical (unpaired) electrons. The van der Waals surface area contributed by atoms with E-state index in [0.717, 1.165) is 60.8 Å². The zero-order valence-electron chi connectivity index (χ0n) is 21.8. The van der Waals surface area contributed by atoms with Crippen LogP contribution in [0.3, 0.4) is 0 Å². The second-order valence-electron chi connectivity index (χ2n) is 9.89. The van der Waals surface area contributed by atoms with Crippen molar-refractivity contribution in [2.24, 2.45) is 5.92 Å². The maximum atomic E-state index is 13.5. The molecule has 202 valence electrons. The van der Waals surface area contributed by atoms with E-state index < -0.39 is 24.2 Å². The number of hydrogen-bond acceptors (Lipinski definition) is 6. The largest absolute Gasteiger partial charge is 0.507 e. The molecule has 2 aliphatic rings. The number of hydrogen-bond donors (Lipinski definition) is 4. The number of nitrogens with zero attached hydrogens (tertiary/aromatic N) is 1. The summed E-state index contributed by atoms with van der Waals surface area (Å²) >= 11 is 0. The number of aromatic hydroxyl groups is 1. The van der Waals surface area contributed by atoms with Crippen molar-refractivity contribution in [1.29, 1.82) is 0 Å². The Morgan fingerprint density at radius 2 is 2.11 bits per heavy atom. The van der Waals surface area contributed by atoms with Gasteiger partial charge in [-0.05, 0) is 63.1 Å². The molecule has 3 atom stereocenters. The summed E-state index contributed by atoms with van der Waals surface area (Å²) in [6.45, 7) is 10.4. The number of nitrogens with one attached hydrogen (secondary N) is 2. The van der Waals surface area contributed by atoms with E-state index in [1.54, 1.807) is 6.07 Å². The summed E-state index contributed by atoms with van der Waals surface area (Å²) in [5.74, 6) is -1.73. The van der Waals surface area contributed by atoms with Crippen LogP contribution in [0.1, 0.15) is 69.9 Å². The van der Waals surface area contributed by atoms with E-state index in [2.05, 4.69) is 37.1 Å². The Hall–Kier alpha value is -3.33. The predicted octanol–water partition coefficient (Wildman–Crippen LogP) is 4.75. The van der Waals surface area contributed by atoms with Crippen LogP contribution in [0.2, 0.25) is 0 Å². The molecule has 8 nitrogen and oxygen atoms in total. The molecule has 0 fully saturated rings. The van der Waals surface area contributed by atoms with Gasteiger partial charge in [-0.2, -0.15) is 4.39 Å². The number of carbonyl (C=O) groups excluding carboxylic acids is 2. The number of amides is 2. The number of phenols is 1. The Kier molecular flexibility index (Phi) is 9.74. The van der Waals surface area contributed by atoms with Crippen molar-refractivity contribution in [3.63, 3.8) is 0 Å². The number of aliphatic hydroxyl groups is 1. The van der Waals surface area contributed by atoms with Crippen molar-refractivity contribution >= 4 is 12.0 Å². The summed E-state index contributed by atoms with van der Waals surface area (Å²) in [5, 5.41) is 25.7. The fourth-order valence-electron chi connectivity index (χ4n) is 4.87. The Labute approximate surface area is 217 Å². The number of halogens is 1. The van der Waals surface area contributed by atoms with Crippen LogP contribution in [0.15, 0.2) is 48.0 Å². The van der Waals surface area contributed by atoms with E-state index in [9.17, 15) is 24.2 Å². The number of aryl methyl sites for hydroxylation is 1. The van der Waals surface area contributed by atoms with E-state index in [1.165, 1.54) is 5.57 Å². The zero-order chi connectivity index (χ0) is 27.1. The molecule has 0 saturated carbocycles. The lowest BCUT2D eigenvalue weighted by molar-refractivity contribution is -0.127. The topological polar surface area (TPSA) is 111 Å². The minimum Gasteiger partial charge on any atom is -0.507 e. The molecule has 1 heterocycles. The van der Waals surface area contributed by atoms with Crippen LogP contribution in [0.5, 0.6) is 11.5 Å². The van der Waals surface area contributed by atoms with Gasteiger partial charge in [0.25, 0.3) is 5.91 Å². The highest BCUT2D eigenvalue weighted by atomic mass is 19.1. The molecule has 0 saturated heterocycles. The molecule has 4 N–H and O–H groups in total. The first kappa shape index (κ1) is 28.2. The lowest BCUT2D eigenvalue weighted by Gasteiger charge is -2.32. The van der Waals surface area contributed by atoms with Gasteiger partial charge in [-0.1, -0.05) is 43.6 Å². The van der Waals surface area contributed by atoms with Gasteiger partial charge in [0.1, 0.15) is 11.5 Å². The fraction of sp³-hybridized carbons (Fsp3) is 0.500. The minimum atomic E-state index is -1.39. The van der Waals surface area contributed by atoms with Gasteiger partial charge in [0, 0.05) is 30.8 Å². The molecule has 0 spiro atoms. The van der Waals surface area contributed by atoms with Gasteiger partial charge in [-0.15, -0.1) is 0 Å². The van der Waals surface area contributed by atoms with E-state index in [1.807, 2.05) is 13.0 Å². The maximum Gasteiger partial charge on any atom is 0.412 e. The number of rotatable bonds is 10. The van der Waals surface area contributed by atoms with Crippen molar-refractivity contribution in [3.8, 4) is 11.5 Å². The van der Waals surface area contributed by atoms with E-state index in [4.69, 9.17) is 4.74 Å². The van der Waals surface area contributed by atoms with Gasteiger partial charge in [0.15, 0.2) is 0 Å². The Morgan fingerprint density at radius 1 is 1.35 bits per heavy atom. The summed E-state index contributed by atoms with van der Waals surface area (Å²) < 4.78 is 19.3. The predicted molar refractivity (Wildman–Crippen MR) is 139 cm³/mol. The quantitative estimate of drug-likeness (QED) is 0.264. The van der Waals surface area contributed by atoms with Gasteiger partial charge in [0.05, 0.1) is 0 Å². The van der Waals surface area contributed by atoms with Crippen LogP contribution in [-0.4, -0.2) is 46.6 Å². The molecule has 1 aliphatic heterocycles. The molecule has 1 aromatic carbocycles. The molecule has 1 unspecified atom stereocenters. The molecule has 2 amide bonds. The van der Waals surface area contributed by atoms with E-state index in [0.29, 0.717) is 11.3 Å². The van der Waals surface area contributed by atoms with Gasteiger partial charge in [-0.3, -0.25) is 4.79 Å². The number of ether oxygens (including phenoxy) is 1. The van der Waals surface area contributed by atoms with Crippen LogP contribution in [0.4, 0.5) is 9.18 Å². The summed E-state index contributed by atoms with van der Waals surface area (Å²) in [6, 6.07) is 3.58. The zero-order valence-corrected chi connectivity index (χ0v) is 21.8. The van der Waals surface area contributed by atoms with Gasteiger partial charge < -0.3 is 30.5 Å². The molecule has 1 aliphatic carbocycles. The maximum absolute atomic E-state index is 13.5. The van der Waals surface area contributed by atoms with E-state index >= 15 is 0 Å². The first-order valence-corrected chi connectivity index (χ1v) is 12.9. The van der Waals surface area contributed by atoms with Crippen LogP contribution in [0, 0.1) is 5.92 Å². The van der Waals surface area contributed by atoms with Gasteiger partial charge >= 0.3 is 6.09 Å². The van der Waals surface area contributed by atoms with Crippen LogP contribution in [-0.2, 0) is 11.2 Å². The Bertz CT molecular complexity index is 1080. The van der Waals surface area contributed by atoms with E-state index in [-0.39, 0.29) is 30.7 Å². The number of aliphatic hydroxyl groups excluding tert-OH is 1. The highest BCUT2D eigenvalue weighted by molar-refractivity contribution is 5.91. The molecule has 37 heavy (non-hydrogen) atoms. The lowest BCUT2D eigenvalue weighted by atomic mass is 9.73. The Morgan fingerprint density at radius 3 is 2.81 bits per heavy atom. The summed E-state index contributed by atoms with van der Waals surface area (Å²) in [4.78, 5) is 25.2. The molecular weight excluding hydrogens is 477 g/mol. The van der Waals surface area contributed by atoms with Crippen molar-refractivity contribution in [2.45, 2.75) is 71.6 Å². The molecule has 9 heteroatoms. The molecule has 1 aromatic rings. The Balaban J connectivity index is 1.80. The number of unbranched alkanes of at least 4 members (excludes halogenated alkanes) is 2. The summed E-state index contributed by atoms with van der Waals surface area (Å²) in [6.07, 6.45) is 6.53. The monoisotopic (exact) mass is 515 g/mol. The highest BCUT2D eigenvalue weighted by Gasteiger charge is 2.31. The number of allylic oxidation sites excluding steroid dienone is 3. The third-order valence-electron chi connectivity index (χ3n) is 6.87. The molecule has 0 bridgehead atoms. The summed E-state index contributed by atoms with van der Waals surface area (Å²) in [5.41, 5.74) is 3.65. The SMILES string of the molecule is C=C(C)[C@@H]1CCC(C)=C[C@H]1c1c(O)cc(CCCCC)cc1OC(=O)NCCN1C=C(F)C(=O)NC1O. The normalized spacial score (nSPS) is 21.6. The van der Waals surface area contributed by atoms with Crippen molar-refractivity contribution < 1.29 is 28.9 Å². The smallest absolute Gasteiger partial charge is 0.412 e. The second-order valence-corrected chi connectivity index (χ2v) is 9.89.